The molecule has 0 aromatic carbocycles. The molecule has 0 bridgehead atoms. The Bertz CT molecular complexity index is 433. The standard InChI is InChI=1S/C20H35NO2/c1-15(2)11-7-5-9-13-17-18(21-19(17)20(22)23)14-10-6-8-12-16(3)4/h15-16H,5-14H2,1-4H3,(H,22,23). The van der Waals surface area contributed by atoms with Crippen LogP contribution in [0.15, 0.2) is 16.3 Å². The van der Waals surface area contributed by atoms with E-state index in [0.29, 0.717) is 5.71 Å². The van der Waals surface area contributed by atoms with Crippen molar-refractivity contribution in [2.45, 2.75) is 91.9 Å². The molecule has 0 saturated carbocycles. The maximum atomic E-state index is 11.2. The molecule has 0 atom stereocenters. The highest BCUT2D eigenvalue weighted by Crippen LogP contribution is 2.29. The van der Waals surface area contributed by atoms with Gasteiger partial charge in [0.25, 0.3) is 0 Å². The van der Waals surface area contributed by atoms with Crippen LogP contribution < -0.4 is 0 Å². The van der Waals surface area contributed by atoms with Crippen LogP contribution in [-0.4, -0.2) is 16.8 Å². The van der Waals surface area contributed by atoms with E-state index >= 15 is 0 Å². The lowest BCUT2D eigenvalue weighted by Gasteiger charge is -2.21. The van der Waals surface area contributed by atoms with Gasteiger partial charge in [-0.25, -0.2) is 9.79 Å². The summed E-state index contributed by atoms with van der Waals surface area (Å²) in [5.74, 6) is 0.678. The Morgan fingerprint density at radius 1 is 0.870 bits per heavy atom. The van der Waals surface area contributed by atoms with Crippen molar-refractivity contribution in [3.05, 3.63) is 11.3 Å². The van der Waals surface area contributed by atoms with Crippen molar-refractivity contribution in [2.24, 2.45) is 16.8 Å². The smallest absolute Gasteiger partial charge is 0.354 e. The molecule has 0 aliphatic carbocycles. The molecule has 1 aliphatic rings. The Morgan fingerprint density at radius 3 is 1.87 bits per heavy atom. The Morgan fingerprint density at radius 2 is 1.39 bits per heavy atom. The topological polar surface area (TPSA) is 49.7 Å². The summed E-state index contributed by atoms with van der Waals surface area (Å²) in [7, 11) is 0. The molecule has 3 heteroatoms. The molecule has 3 nitrogen and oxygen atoms in total. The summed E-state index contributed by atoms with van der Waals surface area (Å²) in [4.78, 5) is 15.5. The van der Waals surface area contributed by atoms with Crippen LogP contribution in [0.25, 0.3) is 0 Å². The number of nitrogens with zero attached hydrogens (tertiary/aromatic N) is 1. The first kappa shape index (κ1) is 19.9. The van der Waals surface area contributed by atoms with Crippen molar-refractivity contribution < 1.29 is 9.90 Å². The van der Waals surface area contributed by atoms with Crippen LogP contribution in [0.5, 0.6) is 0 Å². The van der Waals surface area contributed by atoms with Gasteiger partial charge in [0.05, 0.1) is 0 Å². The Balaban J connectivity index is 2.31. The van der Waals surface area contributed by atoms with Crippen LogP contribution in [-0.2, 0) is 4.79 Å². The van der Waals surface area contributed by atoms with Crippen LogP contribution in [0.1, 0.15) is 91.9 Å². The van der Waals surface area contributed by atoms with Crippen LogP contribution in [0.4, 0.5) is 0 Å². The van der Waals surface area contributed by atoms with E-state index in [0.717, 1.165) is 48.8 Å². The van der Waals surface area contributed by atoms with Crippen molar-refractivity contribution in [1.29, 1.82) is 0 Å². The number of unbranched alkanes of at least 4 members (excludes halogenated alkanes) is 4. The minimum atomic E-state index is -0.856. The third-order valence-electron chi connectivity index (χ3n) is 4.49. The first-order valence-electron chi connectivity index (χ1n) is 9.46. The van der Waals surface area contributed by atoms with E-state index in [2.05, 4.69) is 32.7 Å². The summed E-state index contributed by atoms with van der Waals surface area (Å²) >= 11 is 0. The minimum Gasteiger partial charge on any atom is -0.477 e. The zero-order valence-corrected chi connectivity index (χ0v) is 15.5. The Labute approximate surface area is 142 Å². The van der Waals surface area contributed by atoms with Gasteiger partial charge < -0.3 is 5.11 Å². The monoisotopic (exact) mass is 321 g/mol. The highest BCUT2D eigenvalue weighted by molar-refractivity contribution is 6.45. The zero-order chi connectivity index (χ0) is 17.2. The van der Waals surface area contributed by atoms with E-state index in [4.69, 9.17) is 0 Å². The molecule has 0 aromatic rings. The number of aliphatic imine (C=N–C) groups is 1. The third kappa shape index (κ3) is 7.81. The van der Waals surface area contributed by atoms with Gasteiger partial charge in [-0.1, -0.05) is 66.2 Å². The van der Waals surface area contributed by atoms with Gasteiger partial charge >= 0.3 is 5.97 Å². The second-order valence-electron chi connectivity index (χ2n) is 7.68. The summed E-state index contributed by atoms with van der Waals surface area (Å²) in [6.07, 6.45) is 11.5. The van der Waals surface area contributed by atoms with Gasteiger partial charge in [-0.15, -0.1) is 0 Å². The second-order valence-corrected chi connectivity index (χ2v) is 7.68. The molecule has 0 amide bonds. The predicted molar refractivity (Wildman–Crippen MR) is 97.9 cm³/mol. The fourth-order valence-electron chi connectivity index (χ4n) is 3.05. The number of carboxylic acid groups (broad SMARTS) is 1. The van der Waals surface area contributed by atoms with Gasteiger partial charge in [-0.3, -0.25) is 0 Å². The van der Waals surface area contributed by atoms with Crippen molar-refractivity contribution in [1.82, 2.24) is 0 Å². The molecule has 1 aliphatic heterocycles. The fourth-order valence-corrected chi connectivity index (χ4v) is 3.05. The van der Waals surface area contributed by atoms with E-state index in [-0.39, 0.29) is 0 Å². The molecule has 0 unspecified atom stereocenters. The molecule has 23 heavy (non-hydrogen) atoms. The molecule has 1 heterocycles. The van der Waals surface area contributed by atoms with Gasteiger partial charge in [-0.05, 0) is 37.5 Å². The summed E-state index contributed by atoms with van der Waals surface area (Å²) in [5.41, 5.74) is 2.42. The molecule has 0 saturated heterocycles. The molecule has 1 N–H and O–H groups in total. The van der Waals surface area contributed by atoms with E-state index in [9.17, 15) is 9.90 Å². The first-order valence-corrected chi connectivity index (χ1v) is 9.46. The van der Waals surface area contributed by atoms with Crippen molar-refractivity contribution in [3.63, 3.8) is 0 Å². The van der Waals surface area contributed by atoms with E-state index in [1.165, 1.54) is 38.5 Å². The Kier molecular flexibility index (Phi) is 9.20. The number of hydrogen-bond acceptors (Lipinski definition) is 2. The van der Waals surface area contributed by atoms with Crippen molar-refractivity contribution in [3.8, 4) is 0 Å². The van der Waals surface area contributed by atoms with Crippen molar-refractivity contribution in [2.75, 3.05) is 0 Å². The predicted octanol–water partition coefficient (Wildman–Crippen LogP) is 5.99. The summed E-state index contributed by atoms with van der Waals surface area (Å²) < 4.78 is 0. The molecule has 0 radical (unpaired) electrons. The lowest BCUT2D eigenvalue weighted by atomic mass is 9.92. The first-order chi connectivity index (χ1) is 10.9. The van der Waals surface area contributed by atoms with Crippen LogP contribution >= 0.6 is 0 Å². The molecular formula is C20H35NO2. The molecule has 1 rings (SSSR count). The molecular weight excluding hydrogens is 286 g/mol. The van der Waals surface area contributed by atoms with Gasteiger partial charge in [0.2, 0.25) is 0 Å². The third-order valence-corrected chi connectivity index (χ3v) is 4.49. The molecule has 0 aromatic heterocycles. The van der Waals surface area contributed by atoms with Gasteiger partial charge in [0.15, 0.2) is 5.71 Å². The normalized spacial score (nSPS) is 14.4. The van der Waals surface area contributed by atoms with Crippen molar-refractivity contribution >= 4 is 11.7 Å². The fraction of sp³-hybridized carbons (Fsp3) is 0.800. The summed E-state index contributed by atoms with van der Waals surface area (Å²) in [6.45, 7) is 9.02. The van der Waals surface area contributed by atoms with Gasteiger partial charge in [-0.2, -0.15) is 0 Å². The number of rotatable bonds is 13. The zero-order valence-electron chi connectivity index (χ0n) is 15.5. The quantitative estimate of drug-likeness (QED) is 0.423. The molecule has 0 fully saturated rings. The average Bonchev–Trinajstić information content (AvgIpc) is 2.43. The van der Waals surface area contributed by atoms with E-state index in [1.807, 2.05) is 0 Å². The largest absolute Gasteiger partial charge is 0.477 e. The second kappa shape index (κ2) is 10.6. The van der Waals surface area contributed by atoms with Gasteiger partial charge in [0.1, 0.15) is 0 Å². The van der Waals surface area contributed by atoms with Crippen LogP contribution in [0, 0.1) is 11.8 Å². The minimum absolute atomic E-state index is 0.325. The molecule has 0 spiro atoms. The maximum absolute atomic E-state index is 11.2. The number of carbonyl (C=O) groups is 1. The highest BCUT2D eigenvalue weighted by atomic mass is 16.4. The Hall–Kier alpha value is -1.12. The SMILES string of the molecule is CC(C)CCCCCC1=C(CCCCCC(C)C)C(C(=O)O)=N1. The lowest BCUT2D eigenvalue weighted by molar-refractivity contribution is -0.129. The maximum Gasteiger partial charge on any atom is 0.354 e. The van der Waals surface area contributed by atoms with Crippen LogP contribution in [0.2, 0.25) is 0 Å². The van der Waals surface area contributed by atoms with Gasteiger partial charge in [0, 0.05) is 11.3 Å². The number of aliphatic carboxylic acids is 1. The van der Waals surface area contributed by atoms with E-state index < -0.39 is 5.97 Å². The number of hydrogen-bond donors (Lipinski definition) is 1. The average molecular weight is 322 g/mol. The summed E-state index contributed by atoms with van der Waals surface area (Å²) in [5, 5.41) is 9.20. The molecule has 132 valence electrons. The lowest BCUT2D eigenvalue weighted by Crippen LogP contribution is -2.24. The van der Waals surface area contributed by atoms with E-state index in [1.54, 1.807) is 0 Å². The van der Waals surface area contributed by atoms with Crippen LogP contribution in [0.3, 0.4) is 0 Å². The number of allylic oxidation sites excluding steroid dienone is 1. The summed E-state index contributed by atoms with van der Waals surface area (Å²) in [6, 6.07) is 0. The number of carboxylic acids is 1. The highest BCUT2D eigenvalue weighted by Gasteiger charge is 2.26.